The first-order valence-electron chi connectivity index (χ1n) is 4.97. The number of thioether (sulfide) groups is 1. The molecule has 0 heterocycles. The Labute approximate surface area is 108 Å². The normalized spacial score (nSPS) is 10.5. The highest BCUT2D eigenvalue weighted by molar-refractivity contribution is 7.98. The lowest BCUT2D eigenvalue weighted by Gasteiger charge is -2.03. The molecule has 2 aromatic carbocycles. The SMILES string of the molecule is Fc1ccc(CSc2ccc(F)c(Cl)c2)cc1. The summed E-state index contributed by atoms with van der Waals surface area (Å²) in [5, 5.41) is 0.120. The van der Waals surface area contributed by atoms with Gasteiger partial charge in [0.05, 0.1) is 5.02 Å². The number of benzene rings is 2. The van der Waals surface area contributed by atoms with Crippen molar-refractivity contribution in [3.8, 4) is 0 Å². The van der Waals surface area contributed by atoms with Crippen LogP contribution in [0.25, 0.3) is 0 Å². The van der Waals surface area contributed by atoms with Crippen molar-refractivity contribution >= 4 is 23.4 Å². The molecule has 2 aromatic rings. The zero-order chi connectivity index (χ0) is 12.3. The van der Waals surface area contributed by atoms with Gasteiger partial charge in [0.2, 0.25) is 0 Å². The lowest BCUT2D eigenvalue weighted by atomic mass is 10.2. The Hall–Kier alpha value is -1.06. The average Bonchev–Trinajstić information content (AvgIpc) is 2.33. The van der Waals surface area contributed by atoms with E-state index in [2.05, 4.69) is 0 Å². The van der Waals surface area contributed by atoms with Crippen molar-refractivity contribution in [2.45, 2.75) is 10.6 Å². The third kappa shape index (κ3) is 3.45. The molecule has 0 nitrogen and oxygen atoms in total. The van der Waals surface area contributed by atoms with Gasteiger partial charge in [0.25, 0.3) is 0 Å². The molecule has 0 aliphatic heterocycles. The van der Waals surface area contributed by atoms with Gasteiger partial charge in [0.1, 0.15) is 11.6 Å². The molecule has 0 N–H and O–H groups in total. The predicted molar refractivity (Wildman–Crippen MR) is 67.4 cm³/mol. The van der Waals surface area contributed by atoms with Crippen LogP contribution in [0, 0.1) is 11.6 Å². The lowest BCUT2D eigenvalue weighted by molar-refractivity contribution is 0.626. The van der Waals surface area contributed by atoms with E-state index >= 15 is 0 Å². The first kappa shape index (κ1) is 12.4. The molecule has 0 unspecified atom stereocenters. The maximum Gasteiger partial charge on any atom is 0.141 e. The third-order valence-electron chi connectivity index (χ3n) is 2.21. The summed E-state index contributed by atoms with van der Waals surface area (Å²) in [5.41, 5.74) is 1.01. The van der Waals surface area contributed by atoms with Crippen LogP contribution in [0.5, 0.6) is 0 Å². The van der Waals surface area contributed by atoms with Crippen molar-refractivity contribution in [2.75, 3.05) is 0 Å². The largest absolute Gasteiger partial charge is 0.207 e. The van der Waals surface area contributed by atoms with Crippen molar-refractivity contribution in [3.63, 3.8) is 0 Å². The highest BCUT2D eigenvalue weighted by Crippen LogP contribution is 2.26. The Kier molecular flexibility index (Phi) is 4.02. The molecule has 0 bridgehead atoms. The highest BCUT2D eigenvalue weighted by Gasteiger charge is 2.02. The Balaban J connectivity index is 2.02. The van der Waals surface area contributed by atoms with Gasteiger partial charge in [-0.1, -0.05) is 23.7 Å². The second-order valence-corrected chi connectivity index (χ2v) is 4.95. The van der Waals surface area contributed by atoms with Gasteiger partial charge in [-0.15, -0.1) is 11.8 Å². The maximum absolute atomic E-state index is 12.9. The summed E-state index contributed by atoms with van der Waals surface area (Å²) < 4.78 is 25.6. The third-order valence-corrected chi connectivity index (χ3v) is 3.56. The molecule has 0 spiro atoms. The Morgan fingerprint density at radius 2 is 1.71 bits per heavy atom. The maximum atomic E-state index is 12.9. The molecule has 0 saturated heterocycles. The van der Waals surface area contributed by atoms with Gasteiger partial charge >= 0.3 is 0 Å². The molecule has 17 heavy (non-hydrogen) atoms. The summed E-state index contributed by atoms with van der Waals surface area (Å²) in [5.74, 6) is 0.0313. The summed E-state index contributed by atoms with van der Waals surface area (Å²) in [4.78, 5) is 0.890. The second-order valence-electron chi connectivity index (χ2n) is 3.49. The topological polar surface area (TPSA) is 0 Å². The van der Waals surface area contributed by atoms with E-state index in [1.165, 1.54) is 30.0 Å². The molecule has 0 fully saturated rings. The molecule has 0 aromatic heterocycles. The van der Waals surface area contributed by atoms with E-state index in [4.69, 9.17) is 11.6 Å². The smallest absolute Gasteiger partial charge is 0.141 e. The van der Waals surface area contributed by atoms with Gasteiger partial charge in [-0.2, -0.15) is 0 Å². The van der Waals surface area contributed by atoms with Crippen LogP contribution in [-0.2, 0) is 5.75 Å². The van der Waals surface area contributed by atoms with Crippen LogP contribution in [-0.4, -0.2) is 0 Å². The summed E-state index contributed by atoms with van der Waals surface area (Å²) in [6, 6.07) is 10.9. The molecule has 88 valence electrons. The molecule has 0 aliphatic carbocycles. The van der Waals surface area contributed by atoms with Crippen LogP contribution >= 0.6 is 23.4 Å². The molecule has 0 atom stereocenters. The predicted octanol–water partition coefficient (Wildman–Crippen LogP) is 4.91. The summed E-state index contributed by atoms with van der Waals surface area (Å²) in [7, 11) is 0. The fraction of sp³-hybridized carbons (Fsp3) is 0.0769. The molecule has 0 radical (unpaired) electrons. The number of rotatable bonds is 3. The zero-order valence-electron chi connectivity index (χ0n) is 8.79. The van der Waals surface area contributed by atoms with Crippen LogP contribution in [0.1, 0.15) is 5.56 Å². The minimum absolute atomic E-state index is 0.120. The fourth-order valence-corrected chi connectivity index (χ4v) is 2.45. The van der Waals surface area contributed by atoms with Gasteiger partial charge in [-0.25, -0.2) is 8.78 Å². The van der Waals surface area contributed by atoms with Crippen LogP contribution in [0.2, 0.25) is 5.02 Å². The number of halogens is 3. The fourth-order valence-electron chi connectivity index (χ4n) is 1.31. The van der Waals surface area contributed by atoms with Gasteiger partial charge in [0, 0.05) is 10.6 Å². The van der Waals surface area contributed by atoms with E-state index in [0.717, 1.165) is 10.5 Å². The van der Waals surface area contributed by atoms with Crippen molar-refractivity contribution in [1.29, 1.82) is 0 Å². The lowest BCUT2D eigenvalue weighted by Crippen LogP contribution is -1.82. The Bertz CT molecular complexity index is 511. The first-order valence-corrected chi connectivity index (χ1v) is 6.34. The molecule has 4 heteroatoms. The van der Waals surface area contributed by atoms with E-state index in [1.54, 1.807) is 24.3 Å². The summed E-state index contributed by atoms with van der Waals surface area (Å²) >= 11 is 7.21. The van der Waals surface area contributed by atoms with Gasteiger partial charge in [0.15, 0.2) is 0 Å². The van der Waals surface area contributed by atoms with Gasteiger partial charge < -0.3 is 0 Å². The molecule has 2 rings (SSSR count). The minimum atomic E-state index is -0.419. The van der Waals surface area contributed by atoms with Gasteiger partial charge in [-0.3, -0.25) is 0 Å². The standard InChI is InChI=1S/C13H9ClF2S/c14-12-7-11(5-6-13(12)16)17-8-9-1-3-10(15)4-2-9/h1-7H,8H2. The van der Waals surface area contributed by atoms with Crippen molar-refractivity contribution in [3.05, 3.63) is 64.7 Å². The number of hydrogen-bond acceptors (Lipinski definition) is 1. The summed E-state index contributed by atoms with van der Waals surface area (Å²) in [6.07, 6.45) is 0. The Morgan fingerprint density at radius 3 is 2.35 bits per heavy atom. The summed E-state index contributed by atoms with van der Waals surface area (Å²) in [6.45, 7) is 0. The van der Waals surface area contributed by atoms with Crippen LogP contribution in [0.4, 0.5) is 8.78 Å². The first-order chi connectivity index (χ1) is 8.15. The monoisotopic (exact) mass is 270 g/mol. The molecule has 0 aliphatic rings. The quantitative estimate of drug-likeness (QED) is 0.714. The average molecular weight is 271 g/mol. The molecule has 0 saturated carbocycles. The van der Waals surface area contributed by atoms with E-state index in [9.17, 15) is 8.78 Å². The van der Waals surface area contributed by atoms with Crippen LogP contribution < -0.4 is 0 Å². The molecular weight excluding hydrogens is 262 g/mol. The van der Waals surface area contributed by atoms with E-state index in [0.29, 0.717) is 5.75 Å². The van der Waals surface area contributed by atoms with Crippen molar-refractivity contribution in [2.24, 2.45) is 0 Å². The minimum Gasteiger partial charge on any atom is -0.207 e. The van der Waals surface area contributed by atoms with Crippen LogP contribution in [0.3, 0.4) is 0 Å². The number of hydrogen-bond donors (Lipinski definition) is 0. The molecular formula is C13H9ClF2S. The van der Waals surface area contributed by atoms with E-state index < -0.39 is 5.82 Å². The zero-order valence-corrected chi connectivity index (χ0v) is 10.4. The van der Waals surface area contributed by atoms with E-state index in [-0.39, 0.29) is 10.8 Å². The Morgan fingerprint density at radius 1 is 1.00 bits per heavy atom. The van der Waals surface area contributed by atoms with Crippen LogP contribution in [0.15, 0.2) is 47.4 Å². The molecule has 0 amide bonds. The van der Waals surface area contributed by atoms with Crippen molar-refractivity contribution in [1.82, 2.24) is 0 Å². The second kappa shape index (κ2) is 5.52. The van der Waals surface area contributed by atoms with Gasteiger partial charge in [-0.05, 0) is 35.9 Å². The van der Waals surface area contributed by atoms with E-state index in [1.807, 2.05) is 0 Å². The highest BCUT2D eigenvalue weighted by atomic mass is 35.5. The van der Waals surface area contributed by atoms with Crippen molar-refractivity contribution < 1.29 is 8.78 Å².